The smallest absolute Gasteiger partial charge is 0.252 e. The fourth-order valence-electron chi connectivity index (χ4n) is 1.45. The molecule has 0 unspecified atom stereocenters. The normalized spacial score (nSPS) is 10.7. The Morgan fingerprint density at radius 3 is 2.86 bits per heavy atom. The number of aryl methyl sites for hydroxylation is 1. The van der Waals surface area contributed by atoms with Crippen LogP contribution in [0.5, 0.6) is 5.75 Å². The Kier molecular flexibility index (Phi) is 1.97. The average Bonchev–Trinajstić information content (AvgIpc) is 2.10. The molecule has 1 aromatic heterocycles. The highest BCUT2D eigenvalue weighted by molar-refractivity contribution is 6.36. The van der Waals surface area contributed by atoms with Crippen LogP contribution in [0.1, 0.15) is 5.56 Å². The molecule has 0 aliphatic carbocycles. The summed E-state index contributed by atoms with van der Waals surface area (Å²) in [5.74, 6) is -0.0857. The van der Waals surface area contributed by atoms with Gasteiger partial charge in [-0.05, 0) is 18.6 Å². The summed E-state index contributed by atoms with van der Waals surface area (Å²) in [5.41, 5.74) is 1.13. The van der Waals surface area contributed by atoms with Crippen molar-refractivity contribution in [3.05, 3.63) is 39.1 Å². The third-order valence-corrected chi connectivity index (χ3v) is 2.45. The first kappa shape index (κ1) is 9.09. The average molecular weight is 210 g/mol. The third-order valence-electron chi connectivity index (χ3n) is 2.13. The Hall–Kier alpha value is -1.48. The van der Waals surface area contributed by atoms with Crippen molar-refractivity contribution in [1.29, 1.82) is 0 Å². The van der Waals surface area contributed by atoms with Gasteiger partial charge in [0.15, 0.2) is 0 Å². The molecule has 3 nitrogen and oxygen atoms in total. The predicted octanol–water partition coefficient (Wildman–Crippen LogP) is 2.20. The lowest BCUT2D eigenvalue weighted by atomic mass is 10.1. The summed E-state index contributed by atoms with van der Waals surface area (Å²) in [5, 5.41) is 10.5. The highest BCUT2D eigenvalue weighted by Crippen LogP contribution is 2.30. The molecular weight excluding hydrogens is 202 g/mol. The van der Waals surface area contributed by atoms with Gasteiger partial charge >= 0.3 is 0 Å². The van der Waals surface area contributed by atoms with Gasteiger partial charge in [-0.15, -0.1) is 0 Å². The lowest BCUT2D eigenvalue weighted by molar-refractivity contribution is 0.480. The van der Waals surface area contributed by atoms with Gasteiger partial charge in [0.1, 0.15) is 5.75 Å². The molecule has 4 heteroatoms. The molecule has 2 aromatic rings. The minimum Gasteiger partial charge on any atom is -0.507 e. The molecule has 2 rings (SSSR count). The zero-order valence-corrected chi connectivity index (χ0v) is 8.22. The van der Waals surface area contributed by atoms with Crippen molar-refractivity contribution in [3.63, 3.8) is 0 Å². The van der Waals surface area contributed by atoms with Crippen LogP contribution in [0.25, 0.3) is 10.9 Å². The van der Waals surface area contributed by atoms with Crippen molar-refractivity contribution in [2.45, 2.75) is 6.92 Å². The largest absolute Gasteiger partial charge is 0.507 e. The maximum atomic E-state index is 11.1. The lowest BCUT2D eigenvalue weighted by Crippen LogP contribution is -2.04. The molecule has 14 heavy (non-hydrogen) atoms. The molecule has 0 aliphatic rings. The summed E-state index contributed by atoms with van der Waals surface area (Å²) < 4.78 is 0. The first-order chi connectivity index (χ1) is 6.59. The second kappa shape index (κ2) is 3.03. The van der Waals surface area contributed by atoms with Crippen LogP contribution in [-0.2, 0) is 0 Å². The van der Waals surface area contributed by atoms with Gasteiger partial charge in [0.05, 0.1) is 15.9 Å². The second-order valence-electron chi connectivity index (χ2n) is 3.13. The maximum absolute atomic E-state index is 11.1. The van der Waals surface area contributed by atoms with E-state index < -0.39 is 0 Å². The van der Waals surface area contributed by atoms with E-state index in [2.05, 4.69) is 4.98 Å². The van der Waals surface area contributed by atoms with Crippen LogP contribution < -0.4 is 5.56 Å². The van der Waals surface area contributed by atoms with Crippen molar-refractivity contribution in [2.24, 2.45) is 0 Å². The molecule has 0 saturated heterocycles. The first-order valence-corrected chi connectivity index (χ1v) is 4.48. The minimum atomic E-state index is -0.333. The van der Waals surface area contributed by atoms with Gasteiger partial charge in [-0.25, -0.2) is 0 Å². The predicted molar refractivity (Wildman–Crippen MR) is 56.0 cm³/mol. The molecule has 0 aliphatic heterocycles. The summed E-state index contributed by atoms with van der Waals surface area (Å²) in [6.07, 6.45) is 0. The summed E-state index contributed by atoms with van der Waals surface area (Å²) in [7, 11) is 0. The number of aromatic amines is 1. The number of hydrogen-bond donors (Lipinski definition) is 2. The van der Waals surface area contributed by atoms with Crippen LogP contribution in [0.15, 0.2) is 23.0 Å². The molecule has 0 radical (unpaired) electrons. The van der Waals surface area contributed by atoms with Gasteiger partial charge < -0.3 is 10.1 Å². The van der Waals surface area contributed by atoms with Crippen molar-refractivity contribution in [2.75, 3.05) is 0 Å². The van der Waals surface area contributed by atoms with E-state index in [-0.39, 0.29) is 11.3 Å². The van der Waals surface area contributed by atoms with E-state index >= 15 is 0 Å². The molecule has 0 spiro atoms. The van der Waals surface area contributed by atoms with E-state index in [1.54, 1.807) is 12.1 Å². The van der Waals surface area contributed by atoms with E-state index in [0.717, 1.165) is 11.6 Å². The van der Waals surface area contributed by atoms with Crippen LogP contribution in [0.2, 0.25) is 5.02 Å². The molecule has 2 N–H and O–H groups in total. The van der Waals surface area contributed by atoms with E-state index in [4.69, 9.17) is 11.6 Å². The number of nitrogens with one attached hydrogen (secondary N) is 1. The van der Waals surface area contributed by atoms with Crippen molar-refractivity contribution >= 4 is 22.5 Å². The number of fused-ring (bicyclic) bond motifs is 1. The number of aromatic hydroxyl groups is 1. The molecule has 1 aromatic carbocycles. The number of halogens is 1. The molecule has 0 amide bonds. The zero-order chi connectivity index (χ0) is 10.3. The molecule has 0 atom stereocenters. The van der Waals surface area contributed by atoms with Gasteiger partial charge in [-0.3, -0.25) is 4.79 Å². The van der Waals surface area contributed by atoms with Gasteiger partial charge in [-0.2, -0.15) is 0 Å². The topological polar surface area (TPSA) is 53.1 Å². The summed E-state index contributed by atoms with van der Waals surface area (Å²) in [6.45, 7) is 1.84. The number of aromatic nitrogens is 1. The number of H-pyrrole nitrogens is 1. The molecule has 0 saturated carbocycles. The van der Waals surface area contributed by atoms with Crippen LogP contribution in [0, 0.1) is 6.92 Å². The number of pyridine rings is 1. The van der Waals surface area contributed by atoms with Crippen LogP contribution >= 0.6 is 11.6 Å². The SMILES string of the molecule is Cc1ccc(Cl)c2c(O)cc(=O)[nH]c12. The molecule has 72 valence electrons. The highest BCUT2D eigenvalue weighted by Gasteiger charge is 2.07. The highest BCUT2D eigenvalue weighted by atomic mass is 35.5. The standard InChI is InChI=1S/C10H8ClNO2/c1-5-2-3-6(11)9-7(13)4-8(14)12-10(5)9/h2-4H,1H3,(H2,12,13,14). The summed E-state index contributed by atoms with van der Waals surface area (Å²) in [4.78, 5) is 13.7. The van der Waals surface area contributed by atoms with Gasteiger partial charge in [0.2, 0.25) is 0 Å². The van der Waals surface area contributed by atoms with Crippen LogP contribution in [0.3, 0.4) is 0 Å². The zero-order valence-electron chi connectivity index (χ0n) is 7.47. The second-order valence-corrected chi connectivity index (χ2v) is 3.54. The number of hydrogen-bond acceptors (Lipinski definition) is 2. The van der Waals surface area contributed by atoms with E-state index in [1.807, 2.05) is 6.92 Å². The van der Waals surface area contributed by atoms with Crippen LogP contribution in [0.4, 0.5) is 0 Å². The third kappa shape index (κ3) is 1.26. The summed E-state index contributed by atoms with van der Waals surface area (Å²) >= 11 is 5.90. The Morgan fingerprint density at radius 1 is 1.43 bits per heavy atom. The van der Waals surface area contributed by atoms with Gasteiger partial charge in [0, 0.05) is 6.07 Å². The Bertz CT molecular complexity index is 560. The number of benzene rings is 1. The first-order valence-electron chi connectivity index (χ1n) is 4.10. The van der Waals surface area contributed by atoms with E-state index in [1.165, 1.54) is 0 Å². The monoisotopic (exact) mass is 209 g/mol. The van der Waals surface area contributed by atoms with Crippen molar-refractivity contribution in [3.8, 4) is 5.75 Å². The molecule has 0 bridgehead atoms. The molecular formula is C10H8ClNO2. The lowest BCUT2D eigenvalue weighted by Gasteiger charge is -2.05. The summed E-state index contributed by atoms with van der Waals surface area (Å²) in [6, 6.07) is 4.60. The van der Waals surface area contributed by atoms with Gasteiger partial charge in [-0.1, -0.05) is 17.7 Å². The van der Waals surface area contributed by atoms with Gasteiger partial charge in [0.25, 0.3) is 5.56 Å². The van der Waals surface area contributed by atoms with Crippen molar-refractivity contribution in [1.82, 2.24) is 4.98 Å². The molecule has 0 fully saturated rings. The fraction of sp³-hybridized carbons (Fsp3) is 0.100. The van der Waals surface area contributed by atoms with Crippen molar-refractivity contribution < 1.29 is 5.11 Å². The Labute approximate surface area is 85.0 Å². The Morgan fingerprint density at radius 2 is 2.14 bits per heavy atom. The minimum absolute atomic E-state index is 0.0857. The molecule has 1 heterocycles. The van der Waals surface area contributed by atoms with E-state index in [9.17, 15) is 9.90 Å². The quantitative estimate of drug-likeness (QED) is 0.699. The fourth-order valence-corrected chi connectivity index (χ4v) is 1.70. The van der Waals surface area contributed by atoms with Crippen LogP contribution in [-0.4, -0.2) is 10.1 Å². The maximum Gasteiger partial charge on any atom is 0.252 e. The van der Waals surface area contributed by atoms with E-state index in [0.29, 0.717) is 15.9 Å². The number of rotatable bonds is 0. The Balaban J connectivity index is 3.07.